The van der Waals surface area contributed by atoms with E-state index in [0.717, 1.165) is 31.5 Å². The minimum Gasteiger partial charge on any atom is -0.329 e. The molecule has 0 radical (unpaired) electrons. The average Bonchev–Trinajstić information content (AvgIpc) is 2.85. The van der Waals surface area contributed by atoms with Gasteiger partial charge in [-0.1, -0.05) is 44.0 Å². The Morgan fingerprint density at radius 3 is 2.21 bits per heavy atom. The third kappa shape index (κ3) is 2.70. The standard InChI is InChI=1S/C17H26N2/c1-13-6-8-14(9-7-13)17(10-18)19-11-15-4-2-3-5-16(15)12-19/h2-5,13-14,17H,6-12,18H2,1H3. The summed E-state index contributed by atoms with van der Waals surface area (Å²) in [7, 11) is 0. The van der Waals surface area contributed by atoms with Crippen LogP contribution in [0.25, 0.3) is 0 Å². The first kappa shape index (κ1) is 13.1. The van der Waals surface area contributed by atoms with Crippen LogP contribution >= 0.6 is 0 Å². The van der Waals surface area contributed by atoms with Gasteiger partial charge in [0.05, 0.1) is 0 Å². The zero-order valence-corrected chi connectivity index (χ0v) is 12.0. The summed E-state index contributed by atoms with van der Waals surface area (Å²) < 4.78 is 0. The van der Waals surface area contributed by atoms with Crippen LogP contribution in [0.2, 0.25) is 0 Å². The normalized spacial score (nSPS) is 29.2. The minimum absolute atomic E-state index is 0.583. The van der Waals surface area contributed by atoms with Crippen LogP contribution in [-0.4, -0.2) is 17.5 Å². The lowest BCUT2D eigenvalue weighted by Crippen LogP contribution is -2.44. The van der Waals surface area contributed by atoms with Crippen LogP contribution in [0.3, 0.4) is 0 Å². The lowest BCUT2D eigenvalue weighted by atomic mass is 9.79. The van der Waals surface area contributed by atoms with E-state index in [1.165, 1.54) is 36.8 Å². The highest BCUT2D eigenvalue weighted by molar-refractivity contribution is 5.30. The molecule has 2 aliphatic rings. The molecule has 1 aliphatic heterocycles. The molecule has 1 heterocycles. The summed E-state index contributed by atoms with van der Waals surface area (Å²) >= 11 is 0. The smallest absolute Gasteiger partial charge is 0.0253 e. The molecule has 1 unspecified atom stereocenters. The van der Waals surface area contributed by atoms with E-state index in [1.54, 1.807) is 0 Å². The molecular weight excluding hydrogens is 232 g/mol. The monoisotopic (exact) mass is 258 g/mol. The predicted octanol–water partition coefficient (Wildman–Crippen LogP) is 3.16. The van der Waals surface area contributed by atoms with Crippen molar-refractivity contribution < 1.29 is 0 Å². The Bertz CT molecular complexity index is 396. The van der Waals surface area contributed by atoms with Crippen LogP contribution in [0.5, 0.6) is 0 Å². The molecule has 1 fully saturated rings. The molecule has 0 amide bonds. The second-order valence-electron chi connectivity index (χ2n) is 6.50. The van der Waals surface area contributed by atoms with E-state index in [1.807, 2.05) is 0 Å². The zero-order valence-electron chi connectivity index (χ0n) is 12.0. The third-order valence-corrected chi connectivity index (χ3v) is 5.18. The molecule has 3 rings (SSSR count). The lowest BCUT2D eigenvalue weighted by Gasteiger charge is -2.37. The first-order valence-corrected chi connectivity index (χ1v) is 7.79. The van der Waals surface area contributed by atoms with E-state index in [4.69, 9.17) is 5.73 Å². The summed E-state index contributed by atoms with van der Waals surface area (Å²) in [5, 5.41) is 0. The molecule has 19 heavy (non-hydrogen) atoms. The van der Waals surface area contributed by atoms with E-state index < -0.39 is 0 Å². The van der Waals surface area contributed by atoms with Crippen molar-refractivity contribution in [1.82, 2.24) is 4.90 Å². The van der Waals surface area contributed by atoms with Crippen LogP contribution in [-0.2, 0) is 13.1 Å². The molecule has 1 aromatic carbocycles. The highest BCUT2D eigenvalue weighted by Gasteiger charge is 2.32. The number of nitrogens with two attached hydrogens (primary N) is 1. The van der Waals surface area contributed by atoms with Crippen molar-refractivity contribution in [3.63, 3.8) is 0 Å². The van der Waals surface area contributed by atoms with Gasteiger partial charge < -0.3 is 5.73 Å². The molecule has 2 N–H and O–H groups in total. The van der Waals surface area contributed by atoms with Gasteiger partial charge in [0.15, 0.2) is 0 Å². The minimum atomic E-state index is 0.583. The molecule has 1 saturated carbocycles. The second-order valence-corrected chi connectivity index (χ2v) is 6.50. The van der Waals surface area contributed by atoms with Gasteiger partial charge >= 0.3 is 0 Å². The van der Waals surface area contributed by atoms with Gasteiger partial charge in [-0.05, 0) is 35.8 Å². The summed E-state index contributed by atoms with van der Waals surface area (Å²) in [5.74, 6) is 1.74. The summed E-state index contributed by atoms with van der Waals surface area (Å²) in [6, 6.07) is 9.43. The summed E-state index contributed by atoms with van der Waals surface area (Å²) in [6.07, 6.45) is 5.52. The Balaban J connectivity index is 1.68. The predicted molar refractivity (Wildman–Crippen MR) is 79.7 cm³/mol. The van der Waals surface area contributed by atoms with Crippen LogP contribution in [0.15, 0.2) is 24.3 Å². The summed E-state index contributed by atoms with van der Waals surface area (Å²) in [6.45, 7) is 5.40. The SMILES string of the molecule is CC1CCC(C(CN)N2Cc3ccccc3C2)CC1. The molecule has 0 saturated heterocycles. The Hall–Kier alpha value is -0.860. The van der Waals surface area contributed by atoms with Gasteiger partial charge in [-0.3, -0.25) is 4.90 Å². The van der Waals surface area contributed by atoms with Crippen molar-refractivity contribution in [2.75, 3.05) is 6.54 Å². The van der Waals surface area contributed by atoms with Crippen molar-refractivity contribution in [3.05, 3.63) is 35.4 Å². The van der Waals surface area contributed by atoms with E-state index in [2.05, 4.69) is 36.1 Å². The largest absolute Gasteiger partial charge is 0.329 e. The number of benzene rings is 1. The second kappa shape index (κ2) is 5.64. The third-order valence-electron chi connectivity index (χ3n) is 5.18. The van der Waals surface area contributed by atoms with Crippen molar-refractivity contribution in [1.29, 1.82) is 0 Å². The van der Waals surface area contributed by atoms with Crippen LogP contribution in [0.4, 0.5) is 0 Å². The summed E-state index contributed by atoms with van der Waals surface area (Å²) in [4.78, 5) is 2.62. The zero-order chi connectivity index (χ0) is 13.2. The first-order chi connectivity index (χ1) is 9.28. The quantitative estimate of drug-likeness (QED) is 0.902. The number of hydrogen-bond acceptors (Lipinski definition) is 2. The molecule has 0 aromatic heterocycles. The van der Waals surface area contributed by atoms with E-state index in [0.29, 0.717) is 6.04 Å². The van der Waals surface area contributed by atoms with Gasteiger partial charge in [0.1, 0.15) is 0 Å². The van der Waals surface area contributed by atoms with Gasteiger partial charge in [-0.15, -0.1) is 0 Å². The first-order valence-electron chi connectivity index (χ1n) is 7.79. The van der Waals surface area contributed by atoms with E-state index in [9.17, 15) is 0 Å². The van der Waals surface area contributed by atoms with Crippen molar-refractivity contribution in [2.45, 2.75) is 51.7 Å². The Kier molecular flexibility index (Phi) is 3.90. The molecule has 1 aromatic rings. The molecule has 1 aliphatic carbocycles. The average molecular weight is 258 g/mol. The topological polar surface area (TPSA) is 29.3 Å². The van der Waals surface area contributed by atoms with Gasteiger partial charge in [0.2, 0.25) is 0 Å². The number of hydrogen-bond donors (Lipinski definition) is 1. The Labute approximate surface area is 117 Å². The molecule has 0 spiro atoms. The van der Waals surface area contributed by atoms with E-state index >= 15 is 0 Å². The maximum Gasteiger partial charge on any atom is 0.0253 e. The maximum atomic E-state index is 6.11. The van der Waals surface area contributed by atoms with Gasteiger partial charge in [0, 0.05) is 25.7 Å². The van der Waals surface area contributed by atoms with Gasteiger partial charge in [-0.25, -0.2) is 0 Å². The van der Waals surface area contributed by atoms with E-state index in [-0.39, 0.29) is 0 Å². The number of fused-ring (bicyclic) bond motifs is 1. The molecule has 1 atom stereocenters. The van der Waals surface area contributed by atoms with Crippen molar-refractivity contribution in [2.24, 2.45) is 17.6 Å². The Morgan fingerprint density at radius 1 is 1.11 bits per heavy atom. The highest BCUT2D eigenvalue weighted by Crippen LogP contribution is 2.35. The van der Waals surface area contributed by atoms with Crippen LogP contribution in [0.1, 0.15) is 43.7 Å². The Morgan fingerprint density at radius 2 is 1.68 bits per heavy atom. The molecule has 2 nitrogen and oxygen atoms in total. The lowest BCUT2D eigenvalue weighted by molar-refractivity contribution is 0.110. The fourth-order valence-corrected chi connectivity index (χ4v) is 3.90. The fourth-order valence-electron chi connectivity index (χ4n) is 3.90. The number of nitrogens with zero attached hydrogens (tertiary/aromatic N) is 1. The number of rotatable bonds is 3. The highest BCUT2D eigenvalue weighted by atomic mass is 15.2. The molecular formula is C17H26N2. The molecule has 104 valence electrons. The van der Waals surface area contributed by atoms with Gasteiger partial charge in [-0.2, -0.15) is 0 Å². The van der Waals surface area contributed by atoms with Crippen molar-refractivity contribution in [3.8, 4) is 0 Å². The molecule has 0 bridgehead atoms. The van der Waals surface area contributed by atoms with Crippen LogP contribution in [0, 0.1) is 11.8 Å². The van der Waals surface area contributed by atoms with Crippen molar-refractivity contribution >= 4 is 0 Å². The summed E-state index contributed by atoms with van der Waals surface area (Å²) in [5.41, 5.74) is 9.12. The van der Waals surface area contributed by atoms with Gasteiger partial charge in [0.25, 0.3) is 0 Å². The maximum absolute atomic E-state index is 6.11. The fraction of sp³-hybridized carbons (Fsp3) is 0.647. The molecule has 2 heteroatoms. The van der Waals surface area contributed by atoms with Crippen LogP contribution < -0.4 is 5.73 Å².